The minimum absolute atomic E-state index is 0. The van der Waals surface area contributed by atoms with Gasteiger partial charge in [0.05, 0.1) is 11.7 Å². The van der Waals surface area contributed by atoms with Crippen LogP contribution in [-0.4, -0.2) is 24.7 Å². The summed E-state index contributed by atoms with van der Waals surface area (Å²) in [5.41, 5.74) is 0.0648. The van der Waals surface area contributed by atoms with Crippen molar-refractivity contribution in [1.82, 2.24) is 0 Å². The van der Waals surface area contributed by atoms with E-state index in [4.69, 9.17) is 4.55 Å². The zero-order valence-corrected chi connectivity index (χ0v) is 10.7. The fourth-order valence-corrected chi connectivity index (χ4v) is 0. The Labute approximate surface area is 99.9 Å². The molecule has 1 N–H and O–H groups in total. The van der Waals surface area contributed by atoms with Crippen molar-refractivity contribution in [2.24, 2.45) is 0 Å². The molecule has 0 aromatic rings. The topological polar surface area (TPSA) is 94.5 Å². The van der Waals surface area contributed by atoms with Gasteiger partial charge in [-0.2, -0.15) is 8.42 Å². The molecule has 0 rings (SSSR count). The molecule has 0 aliphatic rings. The average molecular weight is 218 g/mol. The fourth-order valence-electron chi connectivity index (χ4n) is 0. The first-order valence-corrected chi connectivity index (χ1v) is 4.63. The second-order valence-electron chi connectivity index (χ2n) is 1.94. The van der Waals surface area contributed by atoms with E-state index >= 15 is 0 Å². The van der Waals surface area contributed by atoms with Gasteiger partial charge in [-0.25, -0.2) is 0 Å². The van der Waals surface area contributed by atoms with E-state index in [2.05, 4.69) is 6.58 Å². The summed E-state index contributed by atoms with van der Waals surface area (Å²) < 4.78 is 26.9. The zero-order chi connectivity index (χ0) is 10.4. The van der Waals surface area contributed by atoms with E-state index in [1.165, 1.54) is 13.8 Å². The van der Waals surface area contributed by atoms with E-state index in [1.54, 1.807) is 0 Å². The smallest absolute Gasteiger partial charge is 0.545 e. The summed E-state index contributed by atoms with van der Waals surface area (Å²) in [5, 5.41) is 9.49. The maximum absolute atomic E-state index is 9.56. The van der Waals surface area contributed by atoms with Crippen LogP contribution in [0.1, 0.15) is 13.8 Å². The number of hydrogen-bond donors (Lipinski definition) is 1. The summed E-state index contributed by atoms with van der Waals surface area (Å²) in [4.78, 5) is 9.49. The van der Waals surface area contributed by atoms with Gasteiger partial charge in [0.15, 0.2) is 0 Å². The van der Waals surface area contributed by atoms with E-state index in [1.807, 2.05) is 0 Å². The standard InChI is InChI=1S/C4H6O2.C2H6O3S.Na/c1-3(2)4(5)6;1-2-6(3,4)5;/h1H2,2H3,(H,5,6);2H2,1H3,(H,3,4,5);/q;;+1/p-1. The first-order valence-electron chi connectivity index (χ1n) is 3.02. The van der Waals surface area contributed by atoms with Crippen molar-refractivity contribution < 1.29 is 52.4 Å². The molecular weight excluding hydrogens is 207 g/mol. The van der Waals surface area contributed by atoms with Gasteiger partial charge in [-0.05, 0) is 19.4 Å². The summed E-state index contributed by atoms with van der Waals surface area (Å²) in [6.07, 6.45) is 0. The third-order valence-corrected chi connectivity index (χ3v) is 1.44. The van der Waals surface area contributed by atoms with Crippen molar-refractivity contribution in [2.75, 3.05) is 5.75 Å². The fraction of sp³-hybridized carbons (Fsp3) is 0.500. The van der Waals surface area contributed by atoms with Gasteiger partial charge in [-0.15, -0.1) is 0 Å². The maximum Gasteiger partial charge on any atom is 1.00 e. The Kier molecular flexibility index (Phi) is 12.6. The van der Waals surface area contributed by atoms with Gasteiger partial charge in [-0.1, -0.05) is 6.58 Å². The number of rotatable bonds is 2. The Bertz CT molecular complexity index is 244. The summed E-state index contributed by atoms with van der Waals surface area (Å²) in [6.45, 7) is 5.85. The number of carboxylic acids is 1. The molecular formula is C6H11NaO5S. The molecule has 0 bridgehead atoms. The van der Waals surface area contributed by atoms with Gasteiger partial charge in [0.25, 0.3) is 10.1 Å². The monoisotopic (exact) mass is 218 g/mol. The van der Waals surface area contributed by atoms with Crippen LogP contribution >= 0.6 is 0 Å². The molecule has 5 nitrogen and oxygen atoms in total. The molecule has 0 aliphatic carbocycles. The molecule has 0 atom stereocenters. The van der Waals surface area contributed by atoms with E-state index < -0.39 is 16.1 Å². The SMILES string of the molecule is C=C(C)C(=O)[O-].CCS(=O)(=O)O.[Na+]. The van der Waals surface area contributed by atoms with Gasteiger partial charge in [0.1, 0.15) is 0 Å². The quantitative estimate of drug-likeness (QED) is 0.291. The van der Waals surface area contributed by atoms with Crippen LogP contribution in [0.25, 0.3) is 0 Å². The Morgan fingerprint density at radius 3 is 1.69 bits per heavy atom. The van der Waals surface area contributed by atoms with Crippen molar-refractivity contribution in [3.8, 4) is 0 Å². The van der Waals surface area contributed by atoms with Crippen LogP contribution < -0.4 is 34.7 Å². The normalized spacial score (nSPS) is 8.85. The van der Waals surface area contributed by atoms with E-state index in [0.29, 0.717) is 0 Å². The number of aliphatic carboxylic acids is 1. The Morgan fingerprint density at radius 1 is 1.54 bits per heavy atom. The molecule has 13 heavy (non-hydrogen) atoms. The summed E-state index contributed by atoms with van der Waals surface area (Å²) in [6, 6.07) is 0. The van der Waals surface area contributed by atoms with Gasteiger partial charge < -0.3 is 9.90 Å². The van der Waals surface area contributed by atoms with E-state index in [0.717, 1.165) is 0 Å². The predicted octanol–water partition coefficient (Wildman–Crippen LogP) is -3.79. The van der Waals surface area contributed by atoms with Crippen molar-refractivity contribution >= 4 is 16.1 Å². The van der Waals surface area contributed by atoms with Crippen molar-refractivity contribution in [1.29, 1.82) is 0 Å². The largest absolute Gasteiger partial charge is 1.00 e. The second kappa shape index (κ2) is 8.71. The van der Waals surface area contributed by atoms with Crippen LogP contribution in [0.15, 0.2) is 12.2 Å². The van der Waals surface area contributed by atoms with Gasteiger partial charge >= 0.3 is 29.6 Å². The molecule has 0 heterocycles. The van der Waals surface area contributed by atoms with Crippen molar-refractivity contribution in [3.63, 3.8) is 0 Å². The van der Waals surface area contributed by atoms with Crippen LogP contribution in [-0.2, 0) is 14.9 Å². The molecule has 0 unspecified atom stereocenters. The van der Waals surface area contributed by atoms with Crippen molar-refractivity contribution in [3.05, 3.63) is 12.2 Å². The Morgan fingerprint density at radius 2 is 1.69 bits per heavy atom. The summed E-state index contributed by atoms with van der Waals surface area (Å²) in [5.74, 6) is -1.39. The molecule has 0 aliphatic heterocycles. The predicted molar refractivity (Wildman–Crippen MR) is 41.9 cm³/mol. The number of carbonyl (C=O) groups excluding carboxylic acids is 1. The van der Waals surface area contributed by atoms with Gasteiger partial charge in [-0.3, -0.25) is 4.55 Å². The molecule has 0 amide bonds. The van der Waals surface area contributed by atoms with Gasteiger partial charge in [0, 0.05) is 0 Å². The third kappa shape index (κ3) is 24.5. The third-order valence-electron chi connectivity index (χ3n) is 0.713. The van der Waals surface area contributed by atoms with Crippen LogP contribution in [0.3, 0.4) is 0 Å². The molecule has 0 aromatic carbocycles. The summed E-state index contributed by atoms with van der Waals surface area (Å²) in [7, 11) is -3.66. The molecule has 0 radical (unpaired) electrons. The Hall–Kier alpha value is 0.120. The maximum atomic E-state index is 9.56. The minimum atomic E-state index is -3.66. The number of carboxylic acid groups (broad SMARTS) is 1. The summed E-state index contributed by atoms with van der Waals surface area (Å²) >= 11 is 0. The minimum Gasteiger partial charge on any atom is -0.545 e. The van der Waals surface area contributed by atoms with Crippen LogP contribution in [0.2, 0.25) is 0 Å². The number of hydrogen-bond acceptors (Lipinski definition) is 4. The van der Waals surface area contributed by atoms with Gasteiger partial charge in [0.2, 0.25) is 0 Å². The van der Waals surface area contributed by atoms with E-state index in [-0.39, 0.29) is 40.9 Å². The van der Waals surface area contributed by atoms with E-state index in [9.17, 15) is 18.3 Å². The molecule has 72 valence electrons. The molecule has 0 fully saturated rings. The molecule has 7 heteroatoms. The molecule has 0 aromatic heterocycles. The van der Waals surface area contributed by atoms with Crippen molar-refractivity contribution in [2.45, 2.75) is 13.8 Å². The first kappa shape index (κ1) is 18.8. The van der Waals surface area contributed by atoms with Crippen LogP contribution in [0, 0.1) is 0 Å². The molecule has 0 saturated heterocycles. The number of carbonyl (C=O) groups is 1. The second-order valence-corrected chi connectivity index (χ2v) is 3.68. The van der Waals surface area contributed by atoms with Crippen LogP contribution in [0.5, 0.6) is 0 Å². The molecule has 0 saturated carbocycles. The Balaban J connectivity index is -0.000000143. The average Bonchev–Trinajstić information content (AvgIpc) is 1.87. The first-order chi connectivity index (χ1) is 5.20. The molecule has 0 spiro atoms. The zero-order valence-electron chi connectivity index (χ0n) is 7.90. The van der Waals surface area contributed by atoms with Crippen LogP contribution in [0.4, 0.5) is 0 Å².